The number of imidazole rings is 2. The maximum Gasteiger partial charge on any atom is 0.419 e. The van der Waals surface area contributed by atoms with Gasteiger partial charge < -0.3 is 67.7 Å². The molecule has 12 heterocycles. The van der Waals surface area contributed by atoms with Crippen LogP contribution in [0.5, 0.6) is 0 Å². The second kappa shape index (κ2) is 55.1. The van der Waals surface area contributed by atoms with Crippen molar-refractivity contribution in [2.45, 2.75) is 284 Å². The zero-order valence-corrected chi connectivity index (χ0v) is 71.5. The molecular formula is C79H137N19O11S. The molecule has 3 N–H and O–H groups in total. The van der Waals surface area contributed by atoms with Crippen molar-refractivity contribution in [1.29, 1.82) is 0 Å². The number of carbonyl (C=O) groups is 5. The summed E-state index contributed by atoms with van der Waals surface area (Å²) < 4.78 is 27.2. The molecule has 620 valence electrons. The molecular weight excluding hydrogens is 1420 g/mol. The number of hydrogen-bond donors (Lipinski definition) is 3. The van der Waals surface area contributed by atoms with Gasteiger partial charge in [-0.25, -0.2) is 33.8 Å². The number of H-pyrrole nitrogens is 1. The zero-order chi connectivity index (χ0) is 83.0. The molecule has 4 fully saturated rings. The first-order valence-corrected chi connectivity index (χ1v) is 39.8. The van der Waals surface area contributed by atoms with Crippen molar-refractivity contribution in [2.75, 3.05) is 52.5 Å². The molecule has 0 radical (unpaired) electrons. The van der Waals surface area contributed by atoms with Crippen LogP contribution in [-0.2, 0) is 14.3 Å². The third kappa shape index (κ3) is 40.3. The van der Waals surface area contributed by atoms with E-state index in [-0.39, 0.29) is 70.6 Å². The van der Waals surface area contributed by atoms with Crippen molar-refractivity contribution in [3.05, 3.63) is 154 Å². The Kier molecular flexibility index (Phi) is 49.3. The third-order valence-electron chi connectivity index (χ3n) is 16.5. The van der Waals surface area contributed by atoms with E-state index in [1.165, 1.54) is 22.2 Å². The van der Waals surface area contributed by atoms with Gasteiger partial charge in [0.2, 0.25) is 5.91 Å². The number of amides is 7. The highest BCUT2D eigenvalue weighted by molar-refractivity contribution is 7.07. The van der Waals surface area contributed by atoms with Crippen LogP contribution < -0.4 is 27.0 Å². The first-order chi connectivity index (χ1) is 51.9. The van der Waals surface area contributed by atoms with Crippen LogP contribution in [-0.4, -0.2) is 195 Å². The highest BCUT2D eigenvalue weighted by atomic mass is 32.1. The first-order valence-electron chi connectivity index (χ1n) is 38.9. The standard InChI is InChI=1S/C8H16N2O.C8H15NO2.C7H14N2O.C7H13NO2.C7H11NO.C7H11N.C6H10N2O.2C6H10N2.C6H9NO2.C6H9NOS.C5H9N3/c1-7(2)10-6-4-3-5-9-8(10)11;1-7(2)9-5-3-4-6-11-8(9)10;1-6(2)9-5-3-4-8-7(9)10;1-6(2)8-4-3-5-10-7(8)9;1-6(2)8-5-3-4-7(8)9;1-7(2)8-5-3-4-6-8;1-5(2)8-4-3-7-6(8)9;1-6(2)8-4-3-7-5-8;1-6(2)8-5-3-4-7-8;2*1-5(2)7-3-4-9-6(7)8;1-5(2)8-4-3-6-7-8/h7H,3-6H2,1-2H3,(H,9,11);7H,3-6H2,1-2H3;6H,3-5H2,1-2H3,(H,8,10);6H,3-5H2,1-2H3;3,5-6H,4H2,1-2H3;3-7H,1-2H3;3-5H,1-2H3,(H,7,9);2*3-6H,1-2H3;2*3-5H,1-2H3;3-5H,1-2H3. The number of nitrogens with one attached hydrogen (secondary N) is 3. The quantitative estimate of drug-likeness (QED) is 0.102. The Balaban J connectivity index is 0.000000601. The minimum atomic E-state index is -0.287. The molecule has 0 unspecified atom stereocenters. The number of oxazole rings is 1. The topological polar surface area (TPSA) is 310 Å². The summed E-state index contributed by atoms with van der Waals surface area (Å²) in [5, 5.41) is 18.9. The fraction of sp³-hybridized carbons (Fsp3) is 0.646. The molecule has 5 aliphatic heterocycles. The molecule has 110 heavy (non-hydrogen) atoms. The maximum absolute atomic E-state index is 11.3. The van der Waals surface area contributed by atoms with Crippen molar-refractivity contribution in [1.82, 2.24) is 92.7 Å². The number of aromatic nitrogens is 12. The second-order valence-electron chi connectivity index (χ2n) is 29.4. The monoisotopic (exact) mass is 1560 g/mol. The van der Waals surface area contributed by atoms with E-state index in [4.69, 9.17) is 9.47 Å². The molecule has 4 saturated heterocycles. The van der Waals surface area contributed by atoms with E-state index in [9.17, 15) is 38.4 Å². The fourth-order valence-corrected chi connectivity index (χ4v) is 10.7. The Morgan fingerprint density at radius 2 is 0.955 bits per heavy atom. The fourth-order valence-electron chi connectivity index (χ4n) is 9.98. The molecule has 0 saturated carbocycles. The van der Waals surface area contributed by atoms with E-state index in [1.807, 2.05) is 192 Å². The third-order valence-corrected chi connectivity index (χ3v) is 17.2. The van der Waals surface area contributed by atoms with Gasteiger partial charge in [0, 0.05) is 198 Å². The minimum absolute atomic E-state index is 0.0370. The number of carbonyl (C=O) groups excluding carboxylic acids is 5. The average Bonchev–Trinajstić information content (AvgIpc) is 1.85. The van der Waals surface area contributed by atoms with Gasteiger partial charge in [0.05, 0.1) is 25.7 Å². The smallest absolute Gasteiger partial charge is 0.419 e. The Morgan fingerprint density at radius 3 is 1.26 bits per heavy atom. The van der Waals surface area contributed by atoms with Gasteiger partial charge in [0.25, 0.3) is 0 Å². The van der Waals surface area contributed by atoms with Gasteiger partial charge in [-0.15, -0.1) is 5.10 Å². The van der Waals surface area contributed by atoms with E-state index in [2.05, 4.69) is 117 Å². The number of ether oxygens (including phenoxy) is 2. The van der Waals surface area contributed by atoms with Crippen molar-refractivity contribution in [2.24, 2.45) is 0 Å². The van der Waals surface area contributed by atoms with Gasteiger partial charge in [-0.05, 0) is 223 Å². The summed E-state index contributed by atoms with van der Waals surface area (Å²) in [5.74, 6) is -0.0741. The SMILES string of the molecule is CC(C)N1C=CCC1=O.CC(C)N1CCCCNC1=O.CC(C)N1CCCCOC1=O.CC(C)N1CCCNC1=O.CC(C)N1CCCOC1=O.CC(C)n1cc[nH]c1=O.CC(C)n1cccc1.CC(C)n1cccn1.CC(C)n1ccnc1.CC(C)n1ccnn1.CC(C)n1ccoc1=O.CC(C)n1ccsc1=O. The second-order valence-corrected chi connectivity index (χ2v) is 30.3. The Labute approximate surface area is 658 Å². The van der Waals surface area contributed by atoms with Crippen molar-refractivity contribution in [3.63, 3.8) is 0 Å². The lowest BCUT2D eigenvalue weighted by atomic mass is 10.2. The molecule has 0 aromatic carbocycles. The highest BCUT2D eigenvalue weighted by Crippen LogP contribution is 2.13. The van der Waals surface area contributed by atoms with Crippen LogP contribution in [0.4, 0.5) is 19.2 Å². The molecule has 30 nitrogen and oxygen atoms in total. The van der Waals surface area contributed by atoms with Crippen LogP contribution in [0.1, 0.15) is 253 Å². The summed E-state index contributed by atoms with van der Waals surface area (Å²) >= 11 is 1.24. The van der Waals surface area contributed by atoms with Crippen molar-refractivity contribution >= 4 is 41.5 Å². The number of hydrogen-bond acceptors (Lipinski definition) is 16. The largest absolute Gasteiger partial charge is 0.449 e. The van der Waals surface area contributed by atoms with E-state index < -0.39 is 0 Å². The number of nitrogens with zero attached hydrogens (tertiary/aromatic N) is 16. The zero-order valence-electron chi connectivity index (χ0n) is 70.6. The van der Waals surface area contributed by atoms with Gasteiger partial charge in [0.1, 0.15) is 6.26 Å². The number of cyclic esters (lactones) is 2. The van der Waals surface area contributed by atoms with E-state index in [1.54, 1.807) is 65.7 Å². The van der Waals surface area contributed by atoms with Crippen LogP contribution in [0.25, 0.3) is 0 Å². The predicted octanol–water partition coefficient (Wildman–Crippen LogP) is 15.1. The number of thiazole rings is 1. The molecule has 0 atom stereocenters. The highest BCUT2D eigenvalue weighted by Gasteiger charge is 2.23. The van der Waals surface area contributed by atoms with Gasteiger partial charge in [-0.1, -0.05) is 22.6 Å². The van der Waals surface area contributed by atoms with E-state index in [0.29, 0.717) is 68.0 Å². The Morgan fingerprint density at radius 1 is 0.436 bits per heavy atom. The normalized spacial score (nSPS) is 14.6. The summed E-state index contributed by atoms with van der Waals surface area (Å²) in [5.41, 5.74) is -0.0370. The molecule has 12 rings (SSSR count). The Bertz CT molecular complexity index is 3340. The van der Waals surface area contributed by atoms with Gasteiger partial charge in [-0.2, -0.15) is 5.10 Å². The summed E-state index contributed by atoms with van der Waals surface area (Å²) in [4.78, 5) is 103. The van der Waals surface area contributed by atoms with Crippen LogP contribution in [0.15, 0.2) is 142 Å². The Hall–Kier alpha value is -9.42. The molecule has 7 aromatic heterocycles. The minimum Gasteiger partial charge on any atom is -0.449 e. The van der Waals surface area contributed by atoms with Gasteiger partial charge in [-0.3, -0.25) is 28.1 Å². The summed E-state index contributed by atoms with van der Waals surface area (Å²) in [6, 6.07) is 10.5. The molecule has 5 aliphatic rings. The summed E-state index contributed by atoms with van der Waals surface area (Å²) in [6.45, 7) is 55.2. The van der Waals surface area contributed by atoms with Crippen molar-refractivity contribution in [3.8, 4) is 0 Å². The van der Waals surface area contributed by atoms with Crippen LogP contribution >= 0.6 is 11.3 Å². The molecule has 31 heteroatoms. The van der Waals surface area contributed by atoms with Gasteiger partial charge >= 0.3 is 40.6 Å². The summed E-state index contributed by atoms with van der Waals surface area (Å²) in [7, 11) is 0. The molecule has 0 spiro atoms. The van der Waals surface area contributed by atoms with Crippen LogP contribution in [0.2, 0.25) is 0 Å². The molecule has 7 aromatic rings. The summed E-state index contributed by atoms with van der Waals surface area (Å²) in [6.07, 6.45) is 35.6. The average molecular weight is 1560 g/mol. The number of aromatic amines is 1. The van der Waals surface area contributed by atoms with Crippen molar-refractivity contribution < 1.29 is 37.9 Å². The van der Waals surface area contributed by atoms with E-state index in [0.717, 1.165) is 77.8 Å². The van der Waals surface area contributed by atoms with Crippen LogP contribution in [0, 0.1) is 0 Å². The van der Waals surface area contributed by atoms with Crippen LogP contribution in [0.3, 0.4) is 0 Å². The molecule has 7 amide bonds. The lowest BCUT2D eigenvalue weighted by Crippen LogP contribution is -2.49. The van der Waals surface area contributed by atoms with Gasteiger partial charge in [0.15, 0.2) is 0 Å². The number of rotatable bonds is 12. The molecule has 0 bridgehead atoms. The first kappa shape index (κ1) is 98.6. The maximum atomic E-state index is 11.3. The predicted molar refractivity (Wildman–Crippen MR) is 439 cm³/mol. The lowest BCUT2D eigenvalue weighted by Gasteiger charge is -2.30. The number of urea groups is 2. The molecule has 0 aliphatic carbocycles. The lowest BCUT2D eigenvalue weighted by molar-refractivity contribution is -0.127. The van der Waals surface area contributed by atoms with E-state index >= 15 is 0 Å².